The molecule has 3 N–H and O–H groups in total. The Bertz CT molecular complexity index is 1890. The highest BCUT2D eigenvalue weighted by molar-refractivity contribution is 6.21. The molecule has 0 bridgehead atoms. The number of aliphatic hydroxyl groups is 1. The third-order valence-electron chi connectivity index (χ3n) is 9.86. The fraction of sp³-hybridized carbons (Fsp3) is 0.441. The summed E-state index contributed by atoms with van der Waals surface area (Å²) in [6, 6.07) is 3.56. The minimum atomic E-state index is -2.55. The number of fused-ring (bicyclic) bond motifs is 4. The summed E-state index contributed by atoms with van der Waals surface area (Å²) >= 11 is 0. The molecule has 49 heavy (non-hydrogen) atoms. The summed E-state index contributed by atoms with van der Waals surface area (Å²) in [5.74, 6) is -13.7. The normalized spacial score (nSPS) is 30.0. The number of ether oxygens (including phenoxy) is 5. The summed E-state index contributed by atoms with van der Waals surface area (Å²) in [5, 5.41) is 33.6. The van der Waals surface area contributed by atoms with Crippen LogP contribution in [0.3, 0.4) is 0 Å². The van der Waals surface area contributed by atoms with Crippen molar-refractivity contribution in [3.63, 3.8) is 0 Å². The van der Waals surface area contributed by atoms with Crippen molar-refractivity contribution in [3.8, 4) is 34.1 Å². The zero-order valence-corrected chi connectivity index (χ0v) is 27.0. The van der Waals surface area contributed by atoms with Crippen LogP contribution in [0.2, 0.25) is 0 Å². The van der Waals surface area contributed by atoms with E-state index in [1.54, 1.807) is 0 Å². The van der Waals surface area contributed by atoms with E-state index in [4.69, 9.17) is 23.7 Å². The van der Waals surface area contributed by atoms with Crippen LogP contribution >= 0.6 is 0 Å². The van der Waals surface area contributed by atoms with Gasteiger partial charge in [-0.2, -0.15) is 0 Å². The maximum atomic E-state index is 14.2. The van der Waals surface area contributed by atoms with Crippen molar-refractivity contribution >= 4 is 41.0 Å². The average molecular weight is 681 g/mol. The molecule has 2 fully saturated rings. The highest BCUT2D eigenvalue weighted by Gasteiger charge is 2.70. The van der Waals surface area contributed by atoms with Crippen LogP contribution in [0.5, 0.6) is 23.0 Å². The van der Waals surface area contributed by atoms with Crippen molar-refractivity contribution in [2.24, 2.45) is 17.8 Å². The van der Waals surface area contributed by atoms with E-state index in [1.165, 1.54) is 26.0 Å². The largest absolute Gasteiger partial charge is 0.507 e. The molecule has 0 aromatic heterocycles. The lowest BCUT2D eigenvalue weighted by Gasteiger charge is -2.49. The fourth-order valence-corrected chi connectivity index (χ4v) is 7.82. The Balaban J connectivity index is 1.61. The Morgan fingerprint density at radius 3 is 2.12 bits per heavy atom. The fourth-order valence-electron chi connectivity index (χ4n) is 7.82. The Hall–Kier alpha value is -5.31. The number of aryl methyl sites for hydroxylation is 1. The number of ketones is 4. The molecule has 2 saturated carbocycles. The summed E-state index contributed by atoms with van der Waals surface area (Å²) in [4.78, 5) is 93.8. The number of carbonyl (C=O) groups is 7. The highest BCUT2D eigenvalue weighted by Crippen LogP contribution is 2.56. The second-order valence-corrected chi connectivity index (χ2v) is 12.7. The van der Waals surface area contributed by atoms with Crippen LogP contribution in [0.15, 0.2) is 18.2 Å². The Labute approximate surface area is 278 Å². The third kappa shape index (κ3) is 4.40. The maximum absolute atomic E-state index is 14.2. The first-order valence-electron chi connectivity index (χ1n) is 15.3. The van der Waals surface area contributed by atoms with E-state index >= 15 is 0 Å². The summed E-state index contributed by atoms with van der Waals surface area (Å²) in [6.07, 6.45) is -3.87. The molecular weight excluding hydrogens is 648 g/mol. The number of aromatic hydroxyl groups is 2. The molecule has 0 unspecified atom stereocenters. The summed E-state index contributed by atoms with van der Waals surface area (Å²) < 4.78 is 27.6. The molecule has 4 aliphatic rings. The molecule has 2 aromatic rings. The van der Waals surface area contributed by atoms with Gasteiger partial charge in [-0.3, -0.25) is 24.0 Å². The van der Waals surface area contributed by atoms with Gasteiger partial charge in [0.25, 0.3) is 5.60 Å². The number of Topliss-reactive ketones (excluding diaryl/α,β-unsaturated/α-hetero) is 4. The Morgan fingerprint density at radius 2 is 1.49 bits per heavy atom. The predicted molar refractivity (Wildman–Crippen MR) is 161 cm³/mol. The maximum Gasteiger partial charge on any atom is 0.355 e. The Morgan fingerprint density at radius 1 is 0.878 bits per heavy atom. The second-order valence-electron chi connectivity index (χ2n) is 12.7. The van der Waals surface area contributed by atoms with Gasteiger partial charge in [0.15, 0.2) is 17.7 Å². The minimum absolute atomic E-state index is 0.141. The zero-order chi connectivity index (χ0) is 35.9. The topological polar surface area (TPSA) is 226 Å². The van der Waals surface area contributed by atoms with Gasteiger partial charge in [-0.05, 0) is 37.1 Å². The molecule has 0 radical (unpaired) electrons. The first-order valence-corrected chi connectivity index (χ1v) is 15.3. The number of rotatable bonds is 4. The number of hydrogen-bond donors (Lipinski definition) is 3. The lowest BCUT2D eigenvalue weighted by Crippen LogP contribution is -2.70. The second kappa shape index (κ2) is 11.4. The van der Waals surface area contributed by atoms with E-state index in [9.17, 15) is 48.9 Å². The van der Waals surface area contributed by atoms with Crippen molar-refractivity contribution in [1.82, 2.24) is 0 Å². The van der Waals surface area contributed by atoms with Crippen molar-refractivity contribution in [2.75, 3.05) is 14.2 Å². The van der Waals surface area contributed by atoms with Crippen LogP contribution in [0.4, 0.5) is 0 Å². The number of esters is 3. The molecule has 0 amide bonds. The molecule has 0 spiro atoms. The van der Waals surface area contributed by atoms with Gasteiger partial charge in [-0.1, -0.05) is 6.92 Å². The number of phenols is 2. The molecule has 6 rings (SSSR count). The van der Waals surface area contributed by atoms with Crippen LogP contribution in [-0.4, -0.2) is 94.0 Å². The van der Waals surface area contributed by atoms with E-state index in [2.05, 4.69) is 0 Å². The third-order valence-corrected chi connectivity index (χ3v) is 9.86. The average Bonchev–Trinajstić information content (AvgIpc) is 3.04. The number of phenolic OH excluding ortho intramolecular Hbond substituents is 2. The van der Waals surface area contributed by atoms with Gasteiger partial charge in [-0.15, -0.1) is 0 Å². The smallest absolute Gasteiger partial charge is 0.355 e. The molecule has 15 nitrogen and oxygen atoms in total. The number of aliphatic hydroxyl groups excluding tert-OH is 1. The lowest BCUT2D eigenvalue weighted by molar-refractivity contribution is -0.200. The van der Waals surface area contributed by atoms with Crippen molar-refractivity contribution in [2.45, 2.75) is 63.4 Å². The van der Waals surface area contributed by atoms with Crippen LogP contribution in [0.1, 0.15) is 59.4 Å². The van der Waals surface area contributed by atoms with E-state index < -0.39 is 111 Å². The van der Waals surface area contributed by atoms with Gasteiger partial charge in [0.1, 0.15) is 63.6 Å². The summed E-state index contributed by atoms with van der Waals surface area (Å²) in [5.41, 5.74) is -6.21. The molecular formula is C34H32O15. The number of benzene rings is 2. The van der Waals surface area contributed by atoms with Gasteiger partial charge in [0, 0.05) is 36.8 Å². The molecule has 2 aliphatic carbocycles. The molecule has 2 heterocycles. The number of hydrogen-bond acceptors (Lipinski definition) is 15. The lowest BCUT2D eigenvalue weighted by atomic mass is 9.64. The highest BCUT2D eigenvalue weighted by atomic mass is 16.6. The zero-order valence-electron chi connectivity index (χ0n) is 27.0. The molecule has 258 valence electrons. The Kier molecular flexibility index (Phi) is 7.81. The minimum Gasteiger partial charge on any atom is -0.507 e. The van der Waals surface area contributed by atoms with Gasteiger partial charge in [0.2, 0.25) is 5.60 Å². The number of carbonyl (C=O) groups excluding carboxylic acids is 7. The van der Waals surface area contributed by atoms with Gasteiger partial charge >= 0.3 is 17.9 Å². The summed E-state index contributed by atoms with van der Waals surface area (Å²) in [7, 11) is 1.99. The van der Waals surface area contributed by atoms with Gasteiger partial charge in [0.05, 0.1) is 14.2 Å². The monoisotopic (exact) mass is 680 g/mol. The van der Waals surface area contributed by atoms with E-state index in [0.29, 0.717) is 0 Å². The summed E-state index contributed by atoms with van der Waals surface area (Å²) in [6.45, 7) is 4.04. The van der Waals surface area contributed by atoms with E-state index in [0.717, 1.165) is 27.2 Å². The van der Waals surface area contributed by atoms with E-state index in [-0.39, 0.29) is 41.7 Å². The quantitative estimate of drug-likeness (QED) is 0.236. The molecule has 15 heteroatoms. The van der Waals surface area contributed by atoms with Crippen LogP contribution in [0.25, 0.3) is 11.1 Å². The van der Waals surface area contributed by atoms with Gasteiger partial charge < -0.3 is 39.0 Å². The standard InChI is InChI=1S/C34H32O15/c1-12-11-19-23(28(42)24-17(37)8-9-20(39)33(24,48-19)31(43)45-4)26(40)21(12)15-6-7-16(36)22-27(41)25-18(38)10-13(2)30(47-14(3)35)34(25,32(44)46-5)49-29(15)22/h6-7,11,13,20,24-25,30,36,39-40H,8-10H2,1-5H3/t13-,20+,24+,25+,30+,33+,34+/m1/s1. The van der Waals surface area contributed by atoms with Crippen LogP contribution < -0.4 is 9.47 Å². The van der Waals surface area contributed by atoms with Gasteiger partial charge in [-0.25, -0.2) is 9.59 Å². The number of methoxy groups -OCH3 is 2. The predicted octanol–water partition coefficient (Wildman–Crippen LogP) is 1.54. The van der Waals surface area contributed by atoms with Crippen molar-refractivity contribution in [3.05, 3.63) is 34.9 Å². The van der Waals surface area contributed by atoms with E-state index in [1.807, 2.05) is 0 Å². The molecule has 7 atom stereocenters. The van der Waals surface area contributed by atoms with Crippen LogP contribution in [-0.2, 0) is 38.2 Å². The first kappa shape index (κ1) is 33.6. The first-order chi connectivity index (χ1) is 23.1. The molecule has 2 aromatic carbocycles. The molecule has 2 aliphatic heterocycles. The van der Waals surface area contributed by atoms with Crippen molar-refractivity contribution in [1.29, 1.82) is 0 Å². The molecule has 0 saturated heterocycles. The van der Waals surface area contributed by atoms with Crippen molar-refractivity contribution < 1.29 is 72.6 Å². The van der Waals surface area contributed by atoms with Crippen LogP contribution in [0, 0.1) is 24.7 Å². The SMILES string of the molecule is COC(=O)[C@@]12Oc3cc(C)c(-c4ccc(O)c5c4O[C@@]4(C(=O)OC)[C@@H](C(=O)C[C@@H](C)[C@@H]4OC(C)=O)C5=O)c(O)c3C(=O)[C@@H]1C(=O)CC[C@@H]2O.